The molecule has 0 unspecified atom stereocenters. The molecule has 16 heavy (non-hydrogen) atoms. The summed E-state index contributed by atoms with van der Waals surface area (Å²) >= 11 is 3.47. The molecule has 0 atom stereocenters. The molecular formula is C12H13BrN2O. The van der Waals surface area contributed by atoms with Gasteiger partial charge in [0, 0.05) is 10.0 Å². The lowest BCUT2D eigenvalue weighted by atomic mass is 10.1. The Morgan fingerprint density at radius 3 is 2.88 bits per heavy atom. The fourth-order valence-corrected chi connectivity index (χ4v) is 2.16. The molecule has 3 nitrogen and oxygen atoms in total. The highest BCUT2D eigenvalue weighted by molar-refractivity contribution is 9.10. The number of nitrogens with zero attached hydrogens (tertiary/aromatic N) is 1. The highest BCUT2D eigenvalue weighted by Crippen LogP contribution is 2.25. The van der Waals surface area contributed by atoms with Crippen molar-refractivity contribution in [2.45, 2.75) is 13.5 Å². The lowest BCUT2D eigenvalue weighted by molar-refractivity contribution is 0.491. The first kappa shape index (κ1) is 11.4. The smallest absolute Gasteiger partial charge is 0.208 e. The van der Waals surface area contributed by atoms with E-state index >= 15 is 0 Å². The predicted molar refractivity (Wildman–Crippen MR) is 67.1 cm³/mol. The molecule has 0 spiro atoms. The molecule has 0 fully saturated rings. The van der Waals surface area contributed by atoms with Crippen LogP contribution in [0.4, 0.5) is 0 Å². The number of aryl methyl sites for hydroxylation is 1. The van der Waals surface area contributed by atoms with Crippen molar-refractivity contribution in [3.63, 3.8) is 0 Å². The molecule has 1 aromatic carbocycles. The van der Waals surface area contributed by atoms with Crippen molar-refractivity contribution in [2.24, 2.45) is 0 Å². The SMILES string of the molecule is CNCc1ncc(-c2cc(C)cc(Br)c2)o1. The lowest BCUT2D eigenvalue weighted by Gasteiger charge is -2.00. The van der Waals surface area contributed by atoms with Gasteiger partial charge < -0.3 is 9.73 Å². The summed E-state index contributed by atoms with van der Waals surface area (Å²) in [4.78, 5) is 4.20. The second-order valence-corrected chi connectivity index (χ2v) is 4.58. The summed E-state index contributed by atoms with van der Waals surface area (Å²) < 4.78 is 6.68. The first-order valence-electron chi connectivity index (χ1n) is 5.06. The van der Waals surface area contributed by atoms with Gasteiger partial charge in [-0.2, -0.15) is 0 Å². The third kappa shape index (κ3) is 2.51. The summed E-state index contributed by atoms with van der Waals surface area (Å²) in [6.07, 6.45) is 1.76. The van der Waals surface area contributed by atoms with Gasteiger partial charge in [-0.05, 0) is 37.7 Å². The molecule has 2 rings (SSSR count). The summed E-state index contributed by atoms with van der Waals surface area (Å²) in [6, 6.07) is 6.17. The maximum Gasteiger partial charge on any atom is 0.208 e. The highest BCUT2D eigenvalue weighted by Gasteiger charge is 2.06. The fourth-order valence-electron chi connectivity index (χ4n) is 1.56. The molecule has 1 N–H and O–H groups in total. The van der Waals surface area contributed by atoms with Gasteiger partial charge >= 0.3 is 0 Å². The first-order chi connectivity index (χ1) is 7.69. The topological polar surface area (TPSA) is 38.1 Å². The van der Waals surface area contributed by atoms with E-state index in [-0.39, 0.29) is 0 Å². The van der Waals surface area contributed by atoms with Crippen LogP contribution in [0.15, 0.2) is 33.3 Å². The zero-order chi connectivity index (χ0) is 11.5. The molecular weight excluding hydrogens is 268 g/mol. The van der Waals surface area contributed by atoms with Gasteiger partial charge in [-0.1, -0.05) is 15.9 Å². The van der Waals surface area contributed by atoms with Gasteiger partial charge in [-0.15, -0.1) is 0 Å². The Labute approximate surface area is 103 Å². The largest absolute Gasteiger partial charge is 0.439 e. The van der Waals surface area contributed by atoms with E-state index in [1.165, 1.54) is 5.56 Å². The summed E-state index contributed by atoms with van der Waals surface area (Å²) in [6.45, 7) is 2.70. The van der Waals surface area contributed by atoms with E-state index in [0.29, 0.717) is 12.4 Å². The molecule has 0 saturated heterocycles. The van der Waals surface area contributed by atoms with E-state index in [1.807, 2.05) is 13.1 Å². The quantitative estimate of drug-likeness (QED) is 0.939. The molecule has 1 heterocycles. The molecule has 1 aromatic heterocycles. The summed E-state index contributed by atoms with van der Waals surface area (Å²) in [5, 5.41) is 3.01. The van der Waals surface area contributed by atoms with E-state index < -0.39 is 0 Å². The van der Waals surface area contributed by atoms with Crippen LogP contribution in [0.25, 0.3) is 11.3 Å². The van der Waals surface area contributed by atoms with Crippen LogP contribution in [-0.2, 0) is 6.54 Å². The van der Waals surface area contributed by atoms with E-state index in [4.69, 9.17) is 4.42 Å². The van der Waals surface area contributed by atoms with Crippen molar-refractivity contribution in [2.75, 3.05) is 7.05 Å². The molecule has 0 saturated carbocycles. The minimum Gasteiger partial charge on any atom is -0.439 e. The third-order valence-corrected chi connectivity index (χ3v) is 2.67. The Morgan fingerprint density at radius 2 is 2.19 bits per heavy atom. The van der Waals surface area contributed by atoms with E-state index in [1.54, 1.807) is 6.20 Å². The third-order valence-electron chi connectivity index (χ3n) is 2.21. The van der Waals surface area contributed by atoms with E-state index in [2.05, 4.69) is 45.3 Å². The van der Waals surface area contributed by atoms with Crippen molar-refractivity contribution in [1.82, 2.24) is 10.3 Å². The van der Waals surface area contributed by atoms with Crippen molar-refractivity contribution < 1.29 is 4.42 Å². The number of halogens is 1. The number of nitrogens with one attached hydrogen (secondary N) is 1. The molecule has 0 amide bonds. The minimum absolute atomic E-state index is 0.646. The van der Waals surface area contributed by atoms with Crippen LogP contribution < -0.4 is 5.32 Å². The molecule has 0 aliphatic rings. The van der Waals surface area contributed by atoms with Crippen LogP contribution in [0.2, 0.25) is 0 Å². The lowest BCUT2D eigenvalue weighted by Crippen LogP contribution is -2.04. The van der Waals surface area contributed by atoms with Gasteiger partial charge in [0.2, 0.25) is 5.89 Å². The summed E-state index contributed by atoms with van der Waals surface area (Å²) in [7, 11) is 1.87. The van der Waals surface area contributed by atoms with Gasteiger partial charge in [-0.25, -0.2) is 4.98 Å². The molecule has 0 radical (unpaired) electrons. The van der Waals surface area contributed by atoms with Crippen LogP contribution in [0.1, 0.15) is 11.5 Å². The Morgan fingerprint density at radius 1 is 1.38 bits per heavy atom. The molecule has 0 aliphatic heterocycles. The molecule has 2 aromatic rings. The molecule has 0 bridgehead atoms. The first-order valence-corrected chi connectivity index (χ1v) is 5.85. The standard InChI is InChI=1S/C12H13BrN2O/c1-8-3-9(5-10(13)4-8)11-6-15-12(16-11)7-14-2/h3-6,14H,7H2,1-2H3. The number of hydrogen-bond acceptors (Lipinski definition) is 3. The number of rotatable bonds is 3. The second kappa shape index (κ2) is 4.80. The maximum atomic E-state index is 5.63. The normalized spacial score (nSPS) is 10.7. The Bertz CT molecular complexity index is 473. The zero-order valence-electron chi connectivity index (χ0n) is 9.25. The maximum absolute atomic E-state index is 5.63. The van der Waals surface area contributed by atoms with Crippen molar-refractivity contribution in [3.05, 3.63) is 40.3 Å². The minimum atomic E-state index is 0.646. The van der Waals surface area contributed by atoms with Crippen LogP contribution in [0, 0.1) is 6.92 Å². The zero-order valence-corrected chi connectivity index (χ0v) is 10.8. The van der Waals surface area contributed by atoms with E-state index in [0.717, 1.165) is 15.8 Å². The van der Waals surface area contributed by atoms with Gasteiger partial charge in [0.1, 0.15) is 0 Å². The van der Waals surface area contributed by atoms with Crippen LogP contribution in [0.3, 0.4) is 0 Å². The Hall–Kier alpha value is -1.13. The van der Waals surface area contributed by atoms with Gasteiger partial charge in [0.05, 0.1) is 12.7 Å². The van der Waals surface area contributed by atoms with Crippen molar-refractivity contribution >= 4 is 15.9 Å². The van der Waals surface area contributed by atoms with E-state index in [9.17, 15) is 0 Å². The monoisotopic (exact) mass is 280 g/mol. The second-order valence-electron chi connectivity index (χ2n) is 3.67. The molecule has 0 aliphatic carbocycles. The Kier molecular flexibility index (Phi) is 3.41. The van der Waals surface area contributed by atoms with Gasteiger partial charge in [-0.3, -0.25) is 0 Å². The summed E-state index contributed by atoms with van der Waals surface area (Å²) in [5.41, 5.74) is 2.23. The molecule has 4 heteroatoms. The predicted octanol–water partition coefficient (Wildman–Crippen LogP) is 3.13. The number of oxazole rings is 1. The van der Waals surface area contributed by atoms with Crippen molar-refractivity contribution in [3.8, 4) is 11.3 Å². The summed E-state index contributed by atoms with van der Waals surface area (Å²) in [5.74, 6) is 1.50. The average Bonchev–Trinajstić information content (AvgIpc) is 2.65. The highest BCUT2D eigenvalue weighted by atomic mass is 79.9. The Balaban J connectivity index is 2.34. The average molecular weight is 281 g/mol. The number of benzene rings is 1. The van der Waals surface area contributed by atoms with Gasteiger partial charge in [0.25, 0.3) is 0 Å². The van der Waals surface area contributed by atoms with Crippen LogP contribution in [-0.4, -0.2) is 12.0 Å². The van der Waals surface area contributed by atoms with Gasteiger partial charge in [0.15, 0.2) is 5.76 Å². The number of hydrogen-bond donors (Lipinski definition) is 1. The van der Waals surface area contributed by atoms with Crippen LogP contribution in [0.5, 0.6) is 0 Å². The van der Waals surface area contributed by atoms with Crippen LogP contribution >= 0.6 is 15.9 Å². The molecule has 84 valence electrons. The fraction of sp³-hybridized carbons (Fsp3) is 0.250. The number of aromatic nitrogens is 1. The van der Waals surface area contributed by atoms with Crippen molar-refractivity contribution in [1.29, 1.82) is 0 Å².